The summed E-state index contributed by atoms with van der Waals surface area (Å²) >= 11 is 0. The van der Waals surface area contributed by atoms with Gasteiger partial charge in [0.1, 0.15) is 11.6 Å². The van der Waals surface area contributed by atoms with E-state index in [-0.39, 0.29) is 5.41 Å². The number of rotatable bonds is 1. The fourth-order valence-electron chi connectivity index (χ4n) is 0.971. The molecule has 0 fully saturated rings. The summed E-state index contributed by atoms with van der Waals surface area (Å²) in [7, 11) is 0. The van der Waals surface area contributed by atoms with Gasteiger partial charge in [-0.25, -0.2) is 4.98 Å². The van der Waals surface area contributed by atoms with E-state index in [2.05, 4.69) is 30.7 Å². The monoisotopic (exact) mass is 153 g/mol. The van der Waals surface area contributed by atoms with Crippen molar-refractivity contribution in [1.82, 2.24) is 9.97 Å². The molecule has 0 unspecified atom stereocenters. The molecule has 1 rings (SSSR count). The van der Waals surface area contributed by atoms with Gasteiger partial charge in [-0.15, -0.1) is 0 Å². The molecule has 11 heavy (non-hydrogen) atoms. The molecular formula is C8H15N3. The highest BCUT2D eigenvalue weighted by molar-refractivity contribution is 5.24. The van der Waals surface area contributed by atoms with E-state index >= 15 is 0 Å². The van der Waals surface area contributed by atoms with E-state index in [0.717, 1.165) is 12.2 Å². The molecule has 1 heterocycles. The van der Waals surface area contributed by atoms with Crippen LogP contribution in [0.5, 0.6) is 0 Å². The van der Waals surface area contributed by atoms with Crippen molar-refractivity contribution < 1.29 is 0 Å². The van der Waals surface area contributed by atoms with Crippen molar-refractivity contribution in [3.05, 3.63) is 12.0 Å². The van der Waals surface area contributed by atoms with Crippen molar-refractivity contribution >= 4 is 5.82 Å². The number of imidazole rings is 1. The lowest BCUT2D eigenvalue weighted by atomic mass is 9.92. The number of H-pyrrole nitrogens is 1. The third-order valence-corrected chi connectivity index (χ3v) is 1.35. The largest absolute Gasteiger partial charge is 0.384 e. The molecule has 0 aliphatic heterocycles. The Morgan fingerprint density at radius 1 is 1.55 bits per heavy atom. The van der Waals surface area contributed by atoms with Gasteiger partial charge in [0.05, 0.1) is 6.20 Å². The molecule has 0 saturated carbocycles. The maximum Gasteiger partial charge on any atom is 0.120 e. The molecule has 1 aromatic rings. The van der Waals surface area contributed by atoms with Crippen LogP contribution in [-0.4, -0.2) is 9.97 Å². The predicted octanol–water partition coefficient (Wildman–Crippen LogP) is 1.58. The number of nitrogens with one attached hydrogen (secondary N) is 1. The molecule has 1 aromatic heterocycles. The third kappa shape index (κ3) is 2.62. The number of aromatic nitrogens is 2. The molecule has 0 aliphatic rings. The average molecular weight is 153 g/mol. The predicted molar refractivity (Wildman–Crippen MR) is 46.2 cm³/mol. The summed E-state index contributed by atoms with van der Waals surface area (Å²) in [5.41, 5.74) is 5.75. The van der Waals surface area contributed by atoms with Crippen LogP contribution in [0.3, 0.4) is 0 Å². The first-order chi connectivity index (χ1) is 4.97. The zero-order valence-electron chi connectivity index (χ0n) is 7.31. The Bertz CT molecular complexity index is 232. The number of nitrogens with zero attached hydrogens (tertiary/aromatic N) is 1. The lowest BCUT2D eigenvalue weighted by Gasteiger charge is -2.15. The van der Waals surface area contributed by atoms with Crippen LogP contribution in [0.2, 0.25) is 0 Å². The minimum Gasteiger partial charge on any atom is -0.384 e. The summed E-state index contributed by atoms with van der Waals surface area (Å²) in [4.78, 5) is 7.12. The molecule has 0 atom stereocenters. The zero-order valence-corrected chi connectivity index (χ0v) is 7.31. The number of aromatic amines is 1. The highest BCUT2D eigenvalue weighted by atomic mass is 15.0. The minimum absolute atomic E-state index is 0.268. The van der Waals surface area contributed by atoms with Crippen molar-refractivity contribution in [2.75, 3.05) is 5.73 Å². The zero-order chi connectivity index (χ0) is 8.48. The normalized spacial score (nSPS) is 11.9. The molecule has 0 aliphatic carbocycles. The Hall–Kier alpha value is -0.990. The van der Waals surface area contributed by atoms with Gasteiger partial charge in [-0.3, -0.25) is 0 Å². The molecule has 3 nitrogen and oxygen atoms in total. The average Bonchev–Trinajstić information content (AvgIpc) is 2.10. The number of hydrogen-bond acceptors (Lipinski definition) is 2. The van der Waals surface area contributed by atoms with E-state index in [9.17, 15) is 0 Å². The maximum atomic E-state index is 5.48. The van der Waals surface area contributed by atoms with Crippen LogP contribution in [0, 0.1) is 5.41 Å². The smallest absolute Gasteiger partial charge is 0.120 e. The molecule has 62 valence electrons. The van der Waals surface area contributed by atoms with Crippen molar-refractivity contribution in [3.8, 4) is 0 Å². The molecule has 0 spiro atoms. The van der Waals surface area contributed by atoms with Crippen LogP contribution in [0.4, 0.5) is 5.82 Å². The van der Waals surface area contributed by atoms with Gasteiger partial charge >= 0.3 is 0 Å². The van der Waals surface area contributed by atoms with Gasteiger partial charge in [-0.2, -0.15) is 0 Å². The van der Waals surface area contributed by atoms with Crippen LogP contribution in [-0.2, 0) is 6.42 Å². The lowest BCUT2D eigenvalue weighted by molar-refractivity contribution is 0.402. The molecule has 0 amide bonds. The second-order valence-corrected chi connectivity index (χ2v) is 4.02. The Labute approximate surface area is 67.0 Å². The first-order valence-electron chi connectivity index (χ1n) is 3.77. The fourth-order valence-corrected chi connectivity index (χ4v) is 0.971. The summed E-state index contributed by atoms with van der Waals surface area (Å²) in [5.74, 6) is 1.61. The fraction of sp³-hybridized carbons (Fsp3) is 0.625. The summed E-state index contributed by atoms with van der Waals surface area (Å²) in [6, 6.07) is 0. The van der Waals surface area contributed by atoms with Gasteiger partial charge < -0.3 is 10.7 Å². The molecule has 0 saturated heterocycles. The quantitative estimate of drug-likeness (QED) is 0.643. The molecule has 3 heteroatoms. The van der Waals surface area contributed by atoms with E-state index < -0.39 is 0 Å². The summed E-state index contributed by atoms with van der Waals surface area (Å²) in [6.45, 7) is 6.52. The number of nitrogens with two attached hydrogens (primary N) is 1. The van der Waals surface area contributed by atoms with Crippen molar-refractivity contribution in [3.63, 3.8) is 0 Å². The number of nitrogen functional groups attached to an aromatic ring is 1. The Kier molecular flexibility index (Phi) is 1.89. The summed E-state index contributed by atoms with van der Waals surface area (Å²) in [5, 5.41) is 0. The topological polar surface area (TPSA) is 54.7 Å². The van der Waals surface area contributed by atoms with Crippen molar-refractivity contribution in [2.45, 2.75) is 27.2 Å². The second kappa shape index (κ2) is 2.57. The maximum absolute atomic E-state index is 5.48. The van der Waals surface area contributed by atoms with E-state index in [1.807, 2.05) is 0 Å². The van der Waals surface area contributed by atoms with Crippen LogP contribution < -0.4 is 5.73 Å². The molecule has 0 bridgehead atoms. The standard InChI is InChI=1S/C8H15N3/c1-8(2,3)4-7-10-5-6(9)11-7/h5H,4,9H2,1-3H3,(H,10,11). The van der Waals surface area contributed by atoms with E-state index in [1.165, 1.54) is 0 Å². The van der Waals surface area contributed by atoms with E-state index in [1.54, 1.807) is 6.20 Å². The van der Waals surface area contributed by atoms with E-state index in [0.29, 0.717) is 5.82 Å². The van der Waals surface area contributed by atoms with Gasteiger partial charge in [-0.05, 0) is 5.41 Å². The van der Waals surface area contributed by atoms with Gasteiger partial charge in [0.25, 0.3) is 0 Å². The highest BCUT2D eigenvalue weighted by Crippen LogP contribution is 2.18. The van der Waals surface area contributed by atoms with Gasteiger partial charge in [-0.1, -0.05) is 20.8 Å². The Morgan fingerprint density at radius 3 is 2.55 bits per heavy atom. The highest BCUT2D eigenvalue weighted by Gasteiger charge is 2.12. The molecule has 0 aromatic carbocycles. The van der Waals surface area contributed by atoms with Crippen molar-refractivity contribution in [1.29, 1.82) is 0 Å². The lowest BCUT2D eigenvalue weighted by Crippen LogP contribution is -2.10. The summed E-state index contributed by atoms with van der Waals surface area (Å²) < 4.78 is 0. The van der Waals surface area contributed by atoms with Gasteiger partial charge in [0.2, 0.25) is 0 Å². The number of anilines is 1. The summed E-state index contributed by atoms with van der Waals surface area (Å²) in [6.07, 6.45) is 2.59. The van der Waals surface area contributed by atoms with Crippen LogP contribution in [0.15, 0.2) is 6.20 Å². The van der Waals surface area contributed by atoms with Crippen molar-refractivity contribution in [2.24, 2.45) is 5.41 Å². The van der Waals surface area contributed by atoms with Crippen LogP contribution in [0.1, 0.15) is 26.6 Å². The first-order valence-corrected chi connectivity index (χ1v) is 3.77. The Morgan fingerprint density at radius 2 is 2.18 bits per heavy atom. The SMILES string of the molecule is CC(C)(C)Cc1ncc(N)[nH]1. The van der Waals surface area contributed by atoms with Gasteiger partial charge in [0.15, 0.2) is 0 Å². The number of hydrogen-bond donors (Lipinski definition) is 2. The van der Waals surface area contributed by atoms with Crippen LogP contribution in [0.25, 0.3) is 0 Å². The van der Waals surface area contributed by atoms with Crippen LogP contribution >= 0.6 is 0 Å². The molecule has 0 radical (unpaired) electrons. The molecule has 3 N–H and O–H groups in total. The first kappa shape index (κ1) is 8.11. The minimum atomic E-state index is 0.268. The molecular weight excluding hydrogens is 138 g/mol. The Balaban J connectivity index is 2.65. The third-order valence-electron chi connectivity index (χ3n) is 1.35. The second-order valence-electron chi connectivity index (χ2n) is 4.02. The van der Waals surface area contributed by atoms with Gasteiger partial charge in [0, 0.05) is 6.42 Å². The van der Waals surface area contributed by atoms with E-state index in [4.69, 9.17) is 5.73 Å².